The average Bonchev–Trinajstić information content (AvgIpc) is 2.90. The lowest BCUT2D eigenvalue weighted by Gasteiger charge is -2.25. The number of hydrogen-bond acceptors (Lipinski definition) is 2. The molecule has 0 fully saturated rings. The van der Waals surface area contributed by atoms with Crippen LogP contribution in [0.3, 0.4) is 0 Å². The van der Waals surface area contributed by atoms with Crippen molar-refractivity contribution in [2.75, 3.05) is 0 Å². The first kappa shape index (κ1) is 15.9. The zero-order chi connectivity index (χ0) is 17.4. The molecule has 0 saturated carbocycles. The standard InChI is InChI=1S/C21H20FNO2/c1-14(24)25-20-9-5-8-17-18-12-16(22)10-11-19(18)23(21(17)20)13-15-6-3-2-4-7-15/h2-4,6-7,10-12,20H,5,8-9,13H2,1H3. The van der Waals surface area contributed by atoms with Crippen molar-refractivity contribution in [3.8, 4) is 0 Å². The second-order valence-electron chi connectivity index (χ2n) is 6.59. The number of carbonyl (C=O) groups excluding carboxylic acids is 1. The third-order valence-electron chi connectivity index (χ3n) is 4.86. The number of hydrogen-bond donors (Lipinski definition) is 0. The van der Waals surface area contributed by atoms with Crippen LogP contribution in [-0.2, 0) is 22.5 Å². The molecule has 4 rings (SSSR count). The van der Waals surface area contributed by atoms with Gasteiger partial charge in [-0.25, -0.2) is 4.39 Å². The molecule has 3 nitrogen and oxygen atoms in total. The predicted octanol–water partition coefficient (Wildman–Crippen LogP) is 4.77. The lowest BCUT2D eigenvalue weighted by atomic mass is 9.93. The first-order valence-corrected chi connectivity index (χ1v) is 8.65. The van der Waals surface area contributed by atoms with Crippen LogP contribution in [0.25, 0.3) is 10.9 Å². The highest BCUT2D eigenvalue weighted by atomic mass is 19.1. The lowest BCUT2D eigenvalue weighted by Crippen LogP contribution is -2.19. The summed E-state index contributed by atoms with van der Waals surface area (Å²) in [6, 6.07) is 15.1. The first-order valence-electron chi connectivity index (χ1n) is 8.65. The maximum atomic E-state index is 13.9. The number of aromatic nitrogens is 1. The van der Waals surface area contributed by atoms with Crippen molar-refractivity contribution < 1.29 is 13.9 Å². The maximum Gasteiger partial charge on any atom is 0.303 e. The summed E-state index contributed by atoms with van der Waals surface area (Å²) in [6.07, 6.45) is 2.36. The fraction of sp³-hybridized carbons (Fsp3) is 0.286. The fourth-order valence-corrected chi connectivity index (χ4v) is 3.90. The van der Waals surface area contributed by atoms with Crippen molar-refractivity contribution in [2.45, 2.75) is 38.8 Å². The number of halogens is 1. The summed E-state index contributed by atoms with van der Waals surface area (Å²) in [7, 11) is 0. The number of fused-ring (bicyclic) bond motifs is 3. The molecule has 0 N–H and O–H groups in total. The molecule has 1 aromatic heterocycles. The summed E-state index contributed by atoms with van der Waals surface area (Å²) in [5.74, 6) is -0.512. The highest BCUT2D eigenvalue weighted by molar-refractivity contribution is 5.86. The Kier molecular flexibility index (Phi) is 4.04. The number of benzene rings is 2. The molecule has 0 spiro atoms. The Morgan fingerprint density at radius 1 is 1.24 bits per heavy atom. The minimum absolute atomic E-state index is 0.234. The van der Waals surface area contributed by atoms with E-state index in [-0.39, 0.29) is 17.9 Å². The van der Waals surface area contributed by atoms with Crippen molar-refractivity contribution in [3.63, 3.8) is 0 Å². The Morgan fingerprint density at radius 3 is 2.80 bits per heavy atom. The van der Waals surface area contributed by atoms with Gasteiger partial charge in [0.15, 0.2) is 0 Å². The van der Waals surface area contributed by atoms with Crippen LogP contribution in [0.4, 0.5) is 4.39 Å². The maximum absolute atomic E-state index is 13.9. The van der Waals surface area contributed by atoms with Crippen molar-refractivity contribution in [1.29, 1.82) is 0 Å². The molecule has 0 amide bonds. The van der Waals surface area contributed by atoms with Gasteiger partial charge >= 0.3 is 5.97 Å². The number of carbonyl (C=O) groups is 1. The molecule has 0 saturated heterocycles. The van der Waals surface area contributed by atoms with E-state index < -0.39 is 0 Å². The van der Waals surface area contributed by atoms with Gasteiger partial charge in [-0.15, -0.1) is 0 Å². The van der Waals surface area contributed by atoms with Crippen molar-refractivity contribution in [2.24, 2.45) is 0 Å². The zero-order valence-electron chi connectivity index (χ0n) is 14.2. The first-order chi connectivity index (χ1) is 12.1. The molecule has 0 bridgehead atoms. The van der Waals surface area contributed by atoms with Crippen molar-refractivity contribution >= 4 is 16.9 Å². The van der Waals surface area contributed by atoms with E-state index in [2.05, 4.69) is 16.7 Å². The SMILES string of the molecule is CC(=O)OC1CCCc2c1n(Cc1ccccc1)c1ccc(F)cc21. The molecule has 3 aromatic rings. The topological polar surface area (TPSA) is 31.2 Å². The molecule has 4 heteroatoms. The minimum atomic E-state index is -0.277. The molecule has 2 aromatic carbocycles. The monoisotopic (exact) mass is 337 g/mol. The fourth-order valence-electron chi connectivity index (χ4n) is 3.90. The van der Waals surface area contributed by atoms with Gasteiger partial charge in [-0.1, -0.05) is 30.3 Å². The van der Waals surface area contributed by atoms with Crippen molar-refractivity contribution in [3.05, 3.63) is 71.2 Å². The van der Waals surface area contributed by atoms with Crippen LogP contribution in [0.2, 0.25) is 0 Å². The smallest absolute Gasteiger partial charge is 0.303 e. The zero-order valence-corrected chi connectivity index (χ0v) is 14.2. The number of aryl methyl sites for hydroxylation is 1. The van der Waals surface area contributed by atoms with E-state index >= 15 is 0 Å². The summed E-state index contributed by atoms with van der Waals surface area (Å²) in [6.45, 7) is 2.12. The molecule has 128 valence electrons. The third kappa shape index (κ3) is 2.93. The van der Waals surface area contributed by atoms with E-state index in [1.165, 1.54) is 18.6 Å². The van der Waals surface area contributed by atoms with Gasteiger partial charge in [0.2, 0.25) is 0 Å². The summed E-state index contributed by atoms with van der Waals surface area (Å²) in [5.41, 5.74) is 4.29. The van der Waals surface area contributed by atoms with Crippen LogP contribution in [0, 0.1) is 5.82 Å². The lowest BCUT2D eigenvalue weighted by molar-refractivity contribution is -0.147. The Morgan fingerprint density at radius 2 is 2.04 bits per heavy atom. The highest BCUT2D eigenvalue weighted by Crippen LogP contribution is 2.39. The van der Waals surface area contributed by atoms with E-state index in [1.54, 1.807) is 6.07 Å². The Hall–Kier alpha value is -2.62. The van der Waals surface area contributed by atoms with Crippen LogP contribution < -0.4 is 0 Å². The van der Waals surface area contributed by atoms with Crippen LogP contribution in [0.15, 0.2) is 48.5 Å². The molecule has 25 heavy (non-hydrogen) atoms. The second-order valence-corrected chi connectivity index (χ2v) is 6.59. The predicted molar refractivity (Wildman–Crippen MR) is 94.9 cm³/mol. The molecule has 1 unspecified atom stereocenters. The van der Waals surface area contributed by atoms with E-state index in [1.807, 2.05) is 24.3 Å². The van der Waals surface area contributed by atoms with Crippen LogP contribution in [-0.4, -0.2) is 10.5 Å². The second kappa shape index (κ2) is 6.36. The van der Waals surface area contributed by atoms with Gasteiger partial charge in [0.05, 0.1) is 5.69 Å². The molecule has 0 aliphatic heterocycles. The van der Waals surface area contributed by atoms with Gasteiger partial charge in [0.1, 0.15) is 11.9 Å². The van der Waals surface area contributed by atoms with Gasteiger partial charge in [-0.05, 0) is 48.6 Å². The summed E-state index contributed by atoms with van der Waals surface area (Å²) >= 11 is 0. The normalized spacial score (nSPS) is 16.6. The molecule has 0 radical (unpaired) electrons. The van der Waals surface area contributed by atoms with Crippen molar-refractivity contribution in [1.82, 2.24) is 4.57 Å². The van der Waals surface area contributed by atoms with E-state index in [4.69, 9.17) is 4.74 Å². The number of ether oxygens (including phenoxy) is 1. The quantitative estimate of drug-likeness (QED) is 0.645. The minimum Gasteiger partial charge on any atom is -0.456 e. The molecular formula is C21H20FNO2. The van der Waals surface area contributed by atoms with Gasteiger partial charge < -0.3 is 9.30 Å². The van der Waals surface area contributed by atoms with Crippen LogP contribution >= 0.6 is 0 Å². The molecule has 1 aliphatic rings. The third-order valence-corrected chi connectivity index (χ3v) is 4.86. The van der Waals surface area contributed by atoms with Gasteiger partial charge in [0.25, 0.3) is 0 Å². The van der Waals surface area contributed by atoms with E-state index in [0.29, 0.717) is 6.54 Å². The average molecular weight is 337 g/mol. The molecule has 1 atom stereocenters. The largest absolute Gasteiger partial charge is 0.456 e. The van der Waals surface area contributed by atoms with Gasteiger partial charge in [-0.3, -0.25) is 4.79 Å². The van der Waals surface area contributed by atoms with Crippen LogP contribution in [0.1, 0.15) is 42.7 Å². The molecule has 1 aliphatic carbocycles. The molecular weight excluding hydrogens is 317 g/mol. The highest BCUT2D eigenvalue weighted by Gasteiger charge is 2.29. The Balaban J connectivity index is 1.91. The number of nitrogens with zero attached hydrogens (tertiary/aromatic N) is 1. The van der Waals surface area contributed by atoms with Gasteiger partial charge in [-0.2, -0.15) is 0 Å². The Labute approximate surface area is 146 Å². The van der Waals surface area contributed by atoms with Gasteiger partial charge in [0, 0.05) is 24.4 Å². The van der Waals surface area contributed by atoms with E-state index in [0.717, 1.165) is 41.4 Å². The molecule has 1 heterocycles. The summed E-state index contributed by atoms with van der Waals surface area (Å²) < 4.78 is 21.6. The number of esters is 1. The van der Waals surface area contributed by atoms with Crippen LogP contribution in [0.5, 0.6) is 0 Å². The number of rotatable bonds is 3. The Bertz CT molecular complexity index is 930. The van der Waals surface area contributed by atoms with E-state index in [9.17, 15) is 9.18 Å². The summed E-state index contributed by atoms with van der Waals surface area (Å²) in [5, 5.41) is 0.933. The summed E-state index contributed by atoms with van der Waals surface area (Å²) in [4.78, 5) is 11.6.